The molecule has 1 aromatic carbocycles. The summed E-state index contributed by atoms with van der Waals surface area (Å²) in [6, 6.07) is 7.37. The van der Waals surface area contributed by atoms with Crippen molar-refractivity contribution in [1.29, 1.82) is 0 Å². The highest BCUT2D eigenvalue weighted by Gasteiger charge is 2.38. The molecule has 1 aliphatic carbocycles. The minimum absolute atomic E-state index is 0.295. The molecule has 3 nitrogen and oxygen atoms in total. The molecule has 96 valence electrons. The lowest BCUT2D eigenvalue weighted by Crippen LogP contribution is -2.33. The summed E-state index contributed by atoms with van der Waals surface area (Å²) in [5.41, 5.74) is 2.47. The fraction of sp³-hybridized carbons (Fsp3) is 0.467. The van der Waals surface area contributed by atoms with Gasteiger partial charge in [0.1, 0.15) is 5.75 Å². The van der Waals surface area contributed by atoms with Crippen molar-refractivity contribution in [3.8, 4) is 5.75 Å². The molecule has 0 amide bonds. The molecule has 1 spiro atoms. The van der Waals surface area contributed by atoms with Gasteiger partial charge in [0.2, 0.25) is 0 Å². The molecule has 0 unspecified atom stereocenters. The Kier molecular flexibility index (Phi) is 3.10. The fourth-order valence-corrected chi connectivity index (χ4v) is 2.73. The van der Waals surface area contributed by atoms with Gasteiger partial charge in [0, 0.05) is 12.8 Å². The molecule has 3 rings (SSSR count). The Morgan fingerprint density at radius 2 is 1.83 bits per heavy atom. The van der Waals surface area contributed by atoms with Gasteiger partial charge in [-0.25, -0.2) is 0 Å². The van der Waals surface area contributed by atoms with Crippen molar-refractivity contribution in [2.24, 2.45) is 0 Å². The third kappa shape index (κ3) is 2.42. The van der Waals surface area contributed by atoms with E-state index < -0.39 is 0 Å². The van der Waals surface area contributed by atoms with E-state index in [9.17, 15) is 5.11 Å². The summed E-state index contributed by atoms with van der Waals surface area (Å²) in [7, 11) is 0. The van der Waals surface area contributed by atoms with Gasteiger partial charge in [-0.2, -0.15) is 0 Å². The van der Waals surface area contributed by atoms with E-state index in [1.807, 2.05) is 12.1 Å². The molecule has 1 aliphatic heterocycles. The van der Waals surface area contributed by atoms with Crippen LogP contribution in [0.1, 0.15) is 31.2 Å². The molecule has 18 heavy (non-hydrogen) atoms. The number of hydrogen-bond acceptors (Lipinski definition) is 3. The summed E-state index contributed by atoms with van der Waals surface area (Å²) in [6.07, 6.45) is 6.07. The summed E-state index contributed by atoms with van der Waals surface area (Å²) in [5.74, 6) is 0.0231. The van der Waals surface area contributed by atoms with Crippen LogP contribution in [0, 0.1) is 0 Å². The van der Waals surface area contributed by atoms with Crippen molar-refractivity contribution in [1.82, 2.24) is 0 Å². The molecule has 2 aliphatic rings. The summed E-state index contributed by atoms with van der Waals surface area (Å²) in [6.45, 7) is 1.46. The topological polar surface area (TPSA) is 38.7 Å². The van der Waals surface area contributed by atoms with Crippen LogP contribution in [0.4, 0.5) is 0 Å². The van der Waals surface area contributed by atoms with Crippen molar-refractivity contribution in [2.45, 2.75) is 31.5 Å². The zero-order valence-electron chi connectivity index (χ0n) is 10.4. The number of rotatable bonds is 1. The van der Waals surface area contributed by atoms with Crippen LogP contribution >= 0.6 is 0 Å². The second kappa shape index (κ2) is 4.75. The first-order valence-corrected chi connectivity index (χ1v) is 6.52. The predicted octanol–water partition coefficient (Wildman–Crippen LogP) is 3.09. The maximum atomic E-state index is 9.44. The first kappa shape index (κ1) is 11.8. The summed E-state index contributed by atoms with van der Waals surface area (Å²) >= 11 is 0. The number of phenols is 1. The standard InChI is InChI=1S/C15H18O3/c16-14-3-1-2-13(11-14)10-12-4-6-15(7-5-12)17-8-9-18-15/h1-3,10-11,16H,4-9H2. The lowest BCUT2D eigenvalue weighted by molar-refractivity contribution is -0.171. The van der Waals surface area contributed by atoms with Crippen molar-refractivity contribution in [2.75, 3.05) is 13.2 Å². The lowest BCUT2D eigenvalue weighted by atomic mass is 9.88. The van der Waals surface area contributed by atoms with Gasteiger partial charge >= 0.3 is 0 Å². The Balaban J connectivity index is 1.69. The van der Waals surface area contributed by atoms with E-state index in [1.54, 1.807) is 12.1 Å². The third-order valence-corrected chi connectivity index (χ3v) is 3.71. The molecule has 1 aromatic rings. The van der Waals surface area contributed by atoms with Crippen molar-refractivity contribution < 1.29 is 14.6 Å². The average Bonchev–Trinajstić information content (AvgIpc) is 2.81. The highest BCUT2D eigenvalue weighted by Crippen LogP contribution is 2.38. The van der Waals surface area contributed by atoms with Gasteiger partial charge < -0.3 is 14.6 Å². The van der Waals surface area contributed by atoms with Crippen molar-refractivity contribution in [3.05, 3.63) is 35.4 Å². The van der Waals surface area contributed by atoms with E-state index in [0.717, 1.165) is 44.5 Å². The largest absolute Gasteiger partial charge is 0.508 e. The lowest BCUT2D eigenvalue weighted by Gasteiger charge is -2.32. The van der Waals surface area contributed by atoms with E-state index >= 15 is 0 Å². The average molecular weight is 246 g/mol. The van der Waals surface area contributed by atoms with Crippen LogP contribution < -0.4 is 0 Å². The van der Waals surface area contributed by atoms with E-state index in [2.05, 4.69) is 6.08 Å². The van der Waals surface area contributed by atoms with Gasteiger partial charge in [-0.1, -0.05) is 23.8 Å². The number of benzene rings is 1. The molecule has 3 heteroatoms. The minimum Gasteiger partial charge on any atom is -0.508 e. The van der Waals surface area contributed by atoms with Gasteiger partial charge in [-0.3, -0.25) is 0 Å². The second-order valence-corrected chi connectivity index (χ2v) is 5.01. The molecular formula is C15H18O3. The molecule has 1 saturated carbocycles. The second-order valence-electron chi connectivity index (χ2n) is 5.01. The Labute approximate surface area is 107 Å². The first-order chi connectivity index (χ1) is 8.76. The molecule has 2 fully saturated rings. The van der Waals surface area contributed by atoms with Crippen LogP contribution in [0.15, 0.2) is 29.8 Å². The zero-order chi connectivity index (χ0) is 12.4. The fourth-order valence-electron chi connectivity index (χ4n) is 2.73. The Morgan fingerprint density at radius 3 is 2.50 bits per heavy atom. The van der Waals surface area contributed by atoms with Crippen molar-refractivity contribution in [3.63, 3.8) is 0 Å². The highest BCUT2D eigenvalue weighted by atomic mass is 16.7. The van der Waals surface area contributed by atoms with Crippen LogP contribution in [-0.2, 0) is 9.47 Å². The third-order valence-electron chi connectivity index (χ3n) is 3.71. The SMILES string of the molecule is Oc1cccc(C=C2CCC3(CC2)OCCO3)c1. The van der Waals surface area contributed by atoms with Crippen LogP contribution in [0.3, 0.4) is 0 Å². The Morgan fingerprint density at radius 1 is 1.11 bits per heavy atom. The number of hydrogen-bond donors (Lipinski definition) is 1. The van der Waals surface area contributed by atoms with Gasteiger partial charge in [0.05, 0.1) is 13.2 Å². The minimum atomic E-state index is -0.295. The molecule has 0 aromatic heterocycles. The van der Waals surface area contributed by atoms with E-state index in [1.165, 1.54) is 5.57 Å². The number of ether oxygens (including phenoxy) is 2. The number of phenolic OH excluding ortho intramolecular Hbond substituents is 1. The predicted molar refractivity (Wildman–Crippen MR) is 69.2 cm³/mol. The molecule has 1 heterocycles. The molecule has 0 atom stereocenters. The molecule has 0 radical (unpaired) electrons. The monoisotopic (exact) mass is 246 g/mol. The smallest absolute Gasteiger partial charge is 0.169 e. The Bertz CT molecular complexity index is 447. The van der Waals surface area contributed by atoms with E-state index in [4.69, 9.17) is 9.47 Å². The first-order valence-electron chi connectivity index (χ1n) is 6.52. The van der Waals surface area contributed by atoms with Crippen molar-refractivity contribution >= 4 is 6.08 Å². The summed E-state index contributed by atoms with van der Waals surface area (Å²) in [4.78, 5) is 0. The molecule has 1 N–H and O–H groups in total. The van der Waals surface area contributed by atoms with Crippen LogP contribution in [0.25, 0.3) is 6.08 Å². The van der Waals surface area contributed by atoms with Crippen LogP contribution in [-0.4, -0.2) is 24.1 Å². The normalized spacial score (nSPS) is 22.3. The maximum absolute atomic E-state index is 9.44. The summed E-state index contributed by atoms with van der Waals surface area (Å²) < 4.78 is 11.4. The van der Waals surface area contributed by atoms with Gasteiger partial charge in [0.25, 0.3) is 0 Å². The van der Waals surface area contributed by atoms with E-state index in [-0.39, 0.29) is 5.79 Å². The number of allylic oxidation sites excluding steroid dienone is 1. The summed E-state index contributed by atoms with van der Waals surface area (Å²) in [5, 5.41) is 9.44. The quantitative estimate of drug-likeness (QED) is 0.827. The highest BCUT2D eigenvalue weighted by molar-refractivity contribution is 5.55. The molecule has 0 bridgehead atoms. The van der Waals surface area contributed by atoms with Crippen LogP contribution in [0.2, 0.25) is 0 Å². The number of aromatic hydroxyl groups is 1. The van der Waals surface area contributed by atoms with E-state index in [0.29, 0.717) is 5.75 Å². The molecular weight excluding hydrogens is 228 g/mol. The Hall–Kier alpha value is -1.32. The molecule has 1 saturated heterocycles. The van der Waals surface area contributed by atoms with Gasteiger partial charge in [-0.15, -0.1) is 0 Å². The maximum Gasteiger partial charge on any atom is 0.169 e. The van der Waals surface area contributed by atoms with Crippen LogP contribution in [0.5, 0.6) is 5.75 Å². The van der Waals surface area contributed by atoms with Gasteiger partial charge in [0.15, 0.2) is 5.79 Å². The zero-order valence-corrected chi connectivity index (χ0v) is 10.4. The van der Waals surface area contributed by atoms with Gasteiger partial charge in [-0.05, 0) is 30.5 Å².